The van der Waals surface area contributed by atoms with E-state index in [1.807, 2.05) is 4.90 Å². The topological polar surface area (TPSA) is 64.4 Å². The molecule has 1 saturated carbocycles. The van der Waals surface area contributed by atoms with E-state index >= 15 is 0 Å². The second-order valence-electron chi connectivity index (χ2n) is 6.69. The Hall–Kier alpha value is -2.28. The van der Waals surface area contributed by atoms with Gasteiger partial charge in [0.2, 0.25) is 5.91 Å². The fourth-order valence-corrected chi connectivity index (χ4v) is 3.89. The van der Waals surface area contributed by atoms with E-state index in [1.54, 1.807) is 0 Å². The highest BCUT2D eigenvalue weighted by atomic mass is 19.1. The Kier molecular flexibility index (Phi) is 4.25. The van der Waals surface area contributed by atoms with Crippen molar-refractivity contribution in [1.82, 2.24) is 14.5 Å². The van der Waals surface area contributed by atoms with E-state index in [4.69, 9.17) is 4.74 Å². The summed E-state index contributed by atoms with van der Waals surface area (Å²) in [5.74, 6) is -0.603. The summed E-state index contributed by atoms with van der Waals surface area (Å²) in [5, 5.41) is 0.188. The molecule has 2 unspecified atom stereocenters. The molecule has 1 aromatic carbocycles. The molecular weight excluding hydrogens is 325 g/mol. The average Bonchev–Trinajstić information content (AvgIpc) is 2.64. The molecule has 7 heteroatoms. The largest absolute Gasteiger partial charge is 0.374 e. The number of aromatic nitrogens is 2. The van der Waals surface area contributed by atoms with Crippen LogP contribution in [0.15, 0.2) is 29.3 Å². The quantitative estimate of drug-likeness (QED) is 0.831. The lowest BCUT2D eigenvalue weighted by molar-refractivity contribution is -0.150. The number of benzene rings is 1. The molecule has 2 aromatic rings. The number of rotatable bonds is 2. The molecule has 0 N–H and O–H groups in total. The normalized spacial score (nSPS) is 23.5. The van der Waals surface area contributed by atoms with Crippen molar-refractivity contribution in [1.29, 1.82) is 0 Å². The molecule has 2 atom stereocenters. The lowest BCUT2D eigenvalue weighted by atomic mass is 9.90. The van der Waals surface area contributed by atoms with Gasteiger partial charge in [-0.3, -0.25) is 14.2 Å². The number of nitrogens with zero attached hydrogens (tertiary/aromatic N) is 3. The summed E-state index contributed by atoms with van der Waals surface area (Å²) in [5.41, 5.74) is 0.0279. The summed E-state index contributed by atoms with van der Waals surface area (Å²) >= 11 is 0. The van der Waals surface area contributed by atoms with Crippen LogP contribution in [0.25, 0.3) is 10.9 Å². The molecule has 2 fully saturated rings. The Morgan fingerprint density at radius 1 is 1.32 bits per heavy atom. The van der Waals surface area contributed by atoms with Crippen molar-refractivity contribution in [3.8, 4) is 0 Å². The molecule has 2 heterocycles. The lowest BCUT2D eigenvalue weighted by Crippen LogP contribution is -2.55. The molecule has 0 radical (unpaired) electrons. The van der Waals surface area contributed by atoms with Crippen molar-refractivity contribution in [3.63, 3.8) is 0 Å². The van der Waals surface area contributed by atoms with Crippen molar-refractivity contribution >= 4 is 16.8 Å². The Morgan fingerprint density at radius 3 is 3.04 bits per heavy atom. The fraction of sp³-hybridized carbons (Fsp3) is 0.500. The van der Waals surface area contributed by atoms with Gasteiger partial charge in [0.25, 0.3) is 5.56 Å². The average molecular weight is 345 g/mol. The van der Waals surface area contributed by atoms with Crippen LogP contribution in [0.5, 0.6) is 0 Å². The smallest absolute Gasteiger partial charge is 0.261 e. The predicted octanol–water partition coefficient (Wildman–Crippen LogP) is 1.71. The van der Waals surface area contributed by atoms with Crippen LogP contribution >= 0.6 is 0 Å². The van der Waals surface area contributed by atoms with Gasteiger partial charge in [0.1, 0.15) is 12.4 Å². The summed E-state index contributed by atoms with van der Waals surface area (Å²) in [4.78, 5) is 31.3. The van der Waals surface area contributed by atoms with E-state index in [1.165, 1.54) is 23.0 Å². The van der Waals surface area contributed by atoms with E-state index in [-0.39, 0.29) is 30.0 Å². The molecule has 1 aliphatic carbocycles. The maximum absolute atomic E-state index is 13.4. The first kappa shape index (κ1) is 16.2. The van der Waals surface area contributed by atoms with Gasteiger partial charge in [0.05, 0.1) is 36.0 Å². The van der Waals surface area contributed by atoms with Gasteiger partial charge in [0, 0.05) is 6.54 Å². The molecule has 1 aliphatic heterocycles. The van der Waals surface area contributed by atoms with Crippen molar-refractivity contribution in [2.45, 2.75) is 44.4 Å². The number of ether oxygens (including phenoxy) is 1. The first-order chi connectivity index (χ1) is 12.1. The maximum Gasteiger partial charge on any atom is 0.261 e. The SMILES string of the molecule is O=C(Cn1cnc2ccc(F)cc2c1=O)N1CCOC2CCCCC21. The third-order valence-electron chi connectivity index (χ3n) is 5.14. The standard InChI is InChI=1S/C18H20FN3O3/c19-12-5-6-14-13(9-12)18(24)21(11-20-14)10-17(23)22-7-8-25-16-4-2-1-3-15(16)22/h5-6,9,11,15-16H,1-4,7-8,10H2. The molecule has 1 saturated heterocycles. The highest BCUT2D eigenvalue weighted by molar-refractivity contribution is 5.79. The summed E-state index contributed by atoms with van der Waals surface area (Å²) < 4.78 is 20.5. The Morgan fingerprint density at radius 2 is 2.16 bits per heavy atom. The summed E-state index contributed by atoms with van der Waals surface area (Å²) in [6.07, 6.45) is 5.59. The van der Waals surface area contributed by atoms with Crippen molar-refractivity contribution < 1.29 is 13.9 Å². The number of carbonyl (C=O) groups is 1. The van der Waals surface area contributed by atoms with Crippen molar-refractivity contribution in [3.05, 3.63) is 40.7 Å². The first-order valence-corrected chi connectivity index (χ1v) is 8.69. The molecule has 0 spiro atoms. The van der Waals surface area contributed by atoms with Gasteiger partial charge in [-0.15, -0.1) is 0 Å². The summed E-state index contributed by atoms with van der Waals surface area (Å²) in [6, 6.07) is 3.99. The van der Waals surface area contributed by atoms with Gasteiger partial charge in [-0.05, 0) is 31.0 Å². The number of hydrogen-bond acceptors (Lipinski definition) is 4. The van der Waals surface area contributed by atoms with Crippen LogP contribution in [0.3, 0.4) is 0 Å². The monoisotopic (exact) mass is 345 g/mol. The molecule has 6 nitrogen and oxygen atoms in total. The minimum Gasteiger partial charge on any atom is -0.374 e. The first-order valence-electron chi connectivity index (χ1n) is 8.69. The lowest BCUT2D eigenvalue weighted by Gasteiger charge is -2.43. The Bertz CT molecular complexity index is 864. The molecule has 1 amide bonds. The van der Waals surface area contributed by atoms with E-state index in [0.29, 0.717) is 18.7 Å². The molecule has 132 valence electrons. The van der Waals surface area contributed by atoms with Gasteiger partial charge < -0.3 is 9.64 Å². The third-order valence-corrected chi connectivity index (χ3v) is 5.14. The maximum atomic E-state index is 13.4. The van der Waals surface area contributed by atoms with Crippen LogP contribution in [0, 0.1) is 5.82 Å². The summed E-state index contributed by atoms with van der Waals surface area (Å²) in [6.45, 7) is 0.995. The van der Waals surface area contributed by atoms with E-state index in [0.717, 1.165) is 31.7 Å². The molecule has 4 rings (SSSR count). The number of fused-ring (bicyclic) bond motifs is 2. The van der Waals surface area contributed by atoms with Gasteiger partial charge in [-0.2, -0.15) is 0 Å². The highest BCUT2D eigenvalue weighted by Crippen LogP contribution is 2.28. The number of hydrogen-bond donors (Lipinski definition) is 0. The fourth-order valence-electron chi connectivity index (χ4n) is 3.89. The zero-order chi connectivity index (χ0) is 17.4. The number of amides is 1. The van der Waals surface area contributed by atoms with Crippen LogP contribution in [-0.2, 0) is 16.1 Å². The molecular formula is C18H20FN3O3. The number of carbonyl (C=O) groups excluding carboxylic acids is 1. The van der Waals surface area contributed by atoms with Crippen molar-refractivity contribution in [2.24, 2.45) is 0 Å². The molecule has 0 bridgehead atoms. The Labute approximate surface area is 144 Å². The highest BCUT2D eigenvalue weighted by Gasteiger charge is 2.36. The minimum absolute atomic E-state index is 0.0818. The predicted molar refractivity (Wildman–Crippen MR) is 89.7 cm³/mol. The van der Waals surface area contributed by atoms with Crippen LogP contribution in [-0.4, -0.2) is 45.7 Å². The second-order valence-corrected chi connectivity index (χ2v) is 6.69. The Balaban J connectivity index is 1.59. The van der Waals surface area contributed by atoms with Crippen LogP contribution in [0.1, 0.15) is 25.7 Å². The van der Waals surface area contributed by atoms with Gasteiger partial charge >= 0.3 is 0 Å². The van der Waals surface area contributed by atoms with Crippen LogP contribution in [0.2, 0.25) is 0 Å². The minimum atomic E-state index is -0.492. The zero-order valence-corrected chi connectivity index (χ0v) is 13.9. The van der Waals surface area contributed by atoms with Crippen LogP contribution in [0.4, 0.5) is 4.39 Å². The van der Waals surface area contributed by atoms with Gasteiger partial charge in [0.15, 0.2) is 0 Å². The van der Waals surface area contributed by atoms with Crippen LogP contribution < -0.4 is 5.56 Å². The van der Waals surface area contributed by atoms with Gasteiger partial charge in [-0.1, -0.05) is 12.8 Å². The molecule has 2 aliphatic rings. The van der Waals surface area contributed by atoms with E-state index in [2.05, 4.69) is 4.98 Å². The van der Waals surface area contributed by atoms with Crippen molar-refractivity contribution in [2.75, 3.05) is 13.2 Å². The molecule has 1 aromatic heterocycles. The van der Waals surface area contributed by atoms with Gasteiger partial charge in [-0.25, -0.2) is 9.37 Å². The number of morpholine rings is 1. The van der Waals surface area contributed by atoms with E-state index < -0.39 is 11.4 Å². The summed E-state index contributed by atoms with van der Waals surface area (Å²) in [7, 11) is 0. The number of halogens is 1. The van der Waals surface area contributed by atoms with E-state index in [9.17, 15) is 14.0 Å². The second kappa shape index (κ2) is 6.55. The zero-order valence-electron chi connectivity index (χ0n) is 13.9. The molecule has 25 heavy (non-hydrogen) atoms. The third kappa shape index (κ3) is 3.04.